The van der Waals surface area contributed by atoms with Crippen molar-refractivity contribution < 1.29 is 9.15 Å². The van der Waals surface area contributed by atoms with Crippen LogP contribution in [0.1, 0.15) is 35.6 Å². The summed E-state index contributed by atoms with van der Waals surface area (Å²) in [5.74, 6) is 2.51. The van der Waals surface area contributed by atoms with Crippen LogP contribution in [0.2, 0.25) is 0 Å². The van der Waals surface area contributed by atoms with Gasteiger partial charge in [-0.3, -0.25) is 0 Å². The molecule has 0 bridgehead atoms. The first-order valence-electron chi connectivity index (χ1n) is 6.17. The van der Waals surface area contributed by atoms with Gasteiger partial charge in [-0.2, -0.15) is 0 Å². The third kappa shape index (κ3) is 2.41. The van der Waals surface area contributed by atoms with Crippen molar-refractivity contribution in [3.05, 3.63) is 53.0 Å². The Morgan fingerprint density at radius 2 is 2.00 bits per heavy atom. The molecule has 0 amide bonds. The van der Waals surface area contributed by atoms with Gasteiger partial charge in [-0.1, -0.05) is 18.2 Å². The summed E-state index contributed by atoms with van der Waals surface area (Å²) in [7, 11) is 0. The van der Waals surface area contributed by atoms with Crippen molar-refractivity contribution in [1.29, 1.82) is 0 Å². The minimum Gasteiger partial charge on any atom is -0.494 e. The Morgan fingerprint density at radius 1 is 1.28 bits per heavy atom. The molecule has 1 aromatic heterocycles. The van der Waals surface area contributed by atoms with Gasteiger partial charge in [-0.25, -0.2) is 0 Å². The number of rotatable bonds is 4. The standard InChI is InChI=1S/C15H19NO2/c1-4-17-13-8-6-5-7-12(13)15(16)14-9-10(2)11(3)18-14/h5-9,15H,4,16H2,1-3H3. The van der Waals surface area contributed by atoms with E-state index >= 15 is 0 Å². The molecule has 2 N–H and O–H groups in total. The maximum atomic E-state index is 6.26. The SMILES string of the molecule is CCOc1ccccc1C(N)c1cc(C)c(C)o1. The van der Waals surface area contributed by atoms with Crippen molar-refractivity contribution in [3.63, 3.8) is 0 Å². The lowest BCUT2D eigenvalue weighted by atomic mass is 10.0. The first kappa shape index (κ1) is 12.7. The second-order valence-corrected chi connectivity index (χ2v) is 4.34. The lowest BCUT2D eigenvalue weighted by Crippen LogP contribution is -2.12. The van der Waals surface area contributed by atoms with E-state index in [0.717, 1.165) is 28.4 Å². The molecule has 1 unspecified atom stereocenters. The molecule has 0 fully saturated rings. The summed E-state index contributed by atoms with van der Waals surface area (Å²) in [6.45, 7) is 6.55. The average molecular weight is 245 g/mol. The Balaban J connectivity index is 2.36. The molecule has 18 heavy (non-hydrogen) atoms. The highest BCUT2D eigenvalue weighted by atomic mass is 16.5. The molecule has 2 rings (SSSR count). The van der Waals surface area contributed by atoms with E-state index in [1.54, 1.807) is 0 Å². The fourth-order valence-electron chi connectivity index (χ4n) is 1.93. The molecule has 0 radical (unpaired) electrons. The van der Waals surface area contributed by atoms with Gasteiger partial charge in [0, 0.05) is 5.56 Å². The lowest BCUT2D eigenvalue weighted by Gasteiger charge is -2.14. The minimum absolute atomic E-state index is 0.292. The molecule has 3 nitrogen and oxygen atoms in total. The molecule has 96 valence electrons. The highest BCUT2D eigenvalue weighted by Crippen LogP contribution is 2.30. The Kier molecular flexibility index (Phi) is 3.72. The van der Waals surface area contributed by atoms with Gasteiger partial charge >= 0.3 is 0 Å². The van der Waals surface area contributed by atoms with E-state index in [0.29, 0.717) is 6.61 Å². The number of benzene rings is 1. The molecule has 2 aromatic rings. The zero-order chi connectivity index (χ0) is 13.1. The molecule has 0 aliphatic carbocycles. The van der Waals surface area contributed by atoms with E-state index in [-0.39, 0.29) is 6.04 Å². The van der Waals surface area contributed by atoms with Crippen LogP contribution < -0.4 is 10.5 Å². The highest BCUT2D eigenvalue weighted by molar-refractivity contribution is 5.40. The van der Waals surface area contributed by atoms with Crippen molar-refractivity contribution >= 4 is 0 Å². The van der Waals surface area contributed by atoms with Crippen LogP contribution in [0.4, 0.5) is 0 Å². The monoisotopic (exact) mass is 245 g/mol. The molecule has 1 heterocycles. The fourth-order valence-corrected chi connectivity index (χ4v) is 1.93. The van der Waals surface area contributed by atoms with Crippen LogP contribution in [0.25, 0.3) is 0 Å². The van der Waals surface area contributed by atoms with Gasteiger partial charge in [0.15, 0.2) is 0 Å². The Hall–Kier alpha value is -1.74. The molecule has 1 aromatic carbocycles. The van der Waals surface area contributed by atoms with E-state index in [2.05, 4.69) is 0 Å². The molecule has 0 aliphatic rings. The molecule has 3 heteroatoms. The van der Waals surface area contributed by atoms with E-state index in [9.17, 15) is 0 Å². The Morgan fingerprint density at radius 3 is 2.61 bits per heavy atom. The minimum atomic E-state index is -0.292. The normalized spacial score (nSPS) is 12.4. The van der Waals surface area contributed by atoms with Crippen molar-refractivity contribution in [1.82, 2.24) is 0 Å². The van der Waals surface area contributed by atoms with Crippen LogP contribution in [0.15, 0.2) is 34.7 Å². The largest absolute Gasteiger partial charge is 0.494 e. The predicted molar refractivity (Wildman–Crippen MR) is 71.8 cm³/mol. The summed E-state index contributed by atoms with van der Waals surface area (Å²) in [6.07, 6.45) is 0. The molecule has 0 saturated heterocycles. The second kappa shape index (κ2) is 5.27. The summed E-state index contributed by atoms with van der Waals surface area (Å²) >= 11 is 0. The number of aryl methyl sites for hydroxylation is 2. The molecule has 0 saturated carbocycles. The summed E-state index contributed by atoms with van der Waals surface area (Å²) in [5.41, 5.74) is 8.33. The van der Waals surface area contributed by atoms with Gasteiger partial charge in [0.2, 0.25) is 0 Å². The Bertz CT molecular complexity index is 512. The predicted octanol–water partition coefficient (Wildman–Crippen LogP) is 3.34. The van der Waals surface area contributed by atoms with Crippen molar-refractivity contribution in [2.75, 3.05) is 6.61 Å². The number of hydrogen-bond donors (Lipinski definition) is 1. The zero-order valence-corrected chi connectivity index (χ0v) is 11.1. The molecule has 1 atom stereocenters. The molecule has 0 spiro atoms. The van der Waals surface area contributed by atoms with Gasteiger partial charge in [0.1, 0.15) is 17.3 Å². The number of nitrogens with two attached hydrogens (primary N) is 1. The van der Waals surface area contributed by atoms with E-state index in [4.69, 9.17) is 14.9 Å². The van der Waals surface area contributed by atoms with Crippen LogP contribution in [0.5, 0.6) is 5.75 Å². The van der Waals surface area contributed by atoms with Gasteiger partial charge in [-0.15, -0.1) is 0 Å². The zero-order valence-electron chi connectivity index (χ0n) is 11.1. The number of furan rings is 1. The van der Waals surface area contributed by atoms with Crippen molar-refractivity contribution in [2.24, 2.45) is 5.73 Å². The van der Waals surface area contributed by atoms with Crippen LogP contribution in [0.3, 0.4) is 0 Å². The second-order valence-electron chi connectivity index (χ2n) is 4.34. The first-order chi connectivity index (χ1) is 8.63. The summed E-state index contributed by atoms with van der Waals surface area (Å²) < 4.78 is 11.3. The van der Waals surface area contributed by atoms with Gasteiger partial charge in [0.25, 0.3) is 0 Å². The maximum Gasteiger partial charge on any atom is 0.125 e. The maximum absolute atomic E-state index is 6.26. The number of ether oxygens (including phenoxy) is 1. The van der Waals surface area contributed by atoms with Gasteiger partial charge in [-0.05, 0) is 38.5 Å². The van der Waals surface area contributed by atoms with Crippen molar-refractivity contribution in [2.45, 2.75) is 26.8 Å². The topological polar surface area (TPSA) is 48.4 Å². The molecule has 0 aliphatic heterocycles. The summed E-state index contributed by atoms with van der Waals surface area (Å²) in [5, 5.41) is 0. The third-order valence-electron chi connectivity index (χ3n) is 3.05. The smallest absolute Gasteiger partial charge is 0.125 e. The number of hydrogen-bond acceptors (Lipinski definition) is 3. The van der Waals surface area contributed by atoms with E-state index < -0.39 is 0 Å². The molecular weight excluding hydrogens is 226 g/mol. The van der Waals surface area contributed by atoms with Crippen LogP contribution in [-0.4, -0.2) is 6.61 Å². The van der Waals surface area contributed by atoms with Crippen molar-refractivity contribution in [3.8, 4) is 5.75 Å². The highest BCUT2D eigenvalue weighted by Gasteiger charge is 2.17. The van der Waals surface area contributed by atoms with E-state index in [1.165, 1.54) is 0 Å². The quantitative estimate of drug-likeness (QED) is 0.898. The molecular formula is C15H19NO2. The summed E-state index contributed by atoms with van der Waals surface area (Å²) in [4.78, 5) is 0. The van der Waals surface area contributed by atoms with Crippen LogP contribution in [0, 0.1) is 13.8 Å². The first-order valence-corrected chi connectivity index (χ1v) is 6.17. The third-order valence-corrected chi connectivity index (χ3v) is 3.05. The van der Waals surface area contributed by atoms with Crippen LogP contribution in [-0.2, 0) is 0 Å². The van der Waals surface area contributed by atoms with E-state index in [1.807, 2.05) is 51.1 Å². The summed E-state index contributed by atoms with van der Waals surface area (Å²) in [6, 6.07) is 9.51. The van der Waals surface area contributed by atoms with Gasteiger partial charge < -0.3 is 14.9 Å². The van der Waals surface area contributed by atoms with Gasteiger partial charge in [0.05, 0.1) is 12.6 Å². The fraction of sp³-hybridized carbons (Fsp3) is 0.333. The lowest BCUT2D eigenvalue weighted by molar-refractivity contribution is 0.333. The average Bonchev–Trinajstić information content (AvgIpc) is 2.70. The Labute approximate surface area is 108 Å². The van der Waals surface area contributed by atoms with Crippen LogP contribution >= 0.6 is 0 Å². The number of para-hydroxylation sites is 1.